The van der Waals surface area contributed by atoms with Crippen LogP contribution >= 0.6 is 0 Å². The molecule has 0 bridgehead atoms. The summed E-state index contributed by atoms with van der Waals surface area (Å²) in [6.07, 6.45) is 0.734. The molecule has 1 aromatic rings. The maximum Gasteiger partial charge on any atom is 0.308 e. The van der Waals surface area contributed by atoms with Crippen molar-refractivity contribution in [3.8, 4) is 5.75 Å². The van der Waals surface area contributed by atoms with Crippen LogP contribution in [-0.4, -0.2) is 35.2 Å². The molecule has 1 aliphatic rings. The largest absolute Gasteiger partial charge is 0.494 e. The van der Waals surface area contributed by atoms with E-state index in [0.717, 1.165) is 18.7 Å². The molecule has 3 atom stereocenters. The van der Waals surface area contributed by atoms with Gasteiger partial charge in [-0.1, -0.05) is 12.1 Å². The fourth-order valence-electron chi connectivity index (χ4n) is 3.04. The molecule has 1 N–H and O–H groups in total. The molecule has 1 fully saturated rings. The van der Waals surface area contributed by atoms with E-state index in [4.69, 9.17) is 4.74 Å². The minimum atomic E-state index is -0.682. The minimum absolute atomic E-state index is 0.0778. The van der Waals surface area contributed by atoms with Gasteiger partial charge in [-0.3, -0.25) is 9.69 Å². The maximum atomic E-state index is 11.2. The normalized spacial score (nSPS) is 24.6. The van der Waals surface area contributed by atoms with Crippen LogP contribution in [0.25, 0.3) is 0 Å². The van der Waals surface area contributed by atoms with Crippen molar-refractivity contribution in [2.45, 2.75) is 39.3 Å². The number of nitrogens with zero attached hydrogens (tertiary/aromatic N) is 1. The summed E-state index contributed by atoms with van der Waals surface area (Å²) in [6, 6.07) is 8.39. The highest BCUT2D eigenvalue weighted by molar-refractivity contribution is 5.71. The lowest BCUT2D eigenvalue weighted by molar-refractivity contribution is -0.142. The van der Waals surface area contributed by atoms with Gasteiger partial charge in [0.15, 0.2) is 0 Å². The molecule has 0 amide bonds. The lowest BCUT2D eigenvalue weighted by Gasteiger charge is -2.30. The average Bonchev–Trinajstić information content (AvgIpc) is 2.81. The Hall–Kier alpha value is -1.55. The van der Waals surface area contributed by atoms with Gasteiger partial charge in [-0.15, -0.1) is 0 Å². The number of aliphatic carboxylic acids is 1. The predicted octanol–water partition coefficient (Wildman–Crippen LogP) is 2.94. The predicted molar refractivity (Wildman–Crippen MR) is 77.9 cm³/mol. The Morgan fingerprint density at radius 1 is 1.45 bits per heavy atom. The highest BCUT2D eigenvalue weighted by atomic mass is 16.5. The van der Waals surface area contributed by atoms with E-state index in [-0.39, 0.29) is 18.0 Å². The van der Waals surface area contributed by atoms with Crippen LogP contribution in [0.1, 0.15) is 38.8 Å². The lowest BCUT2D eigenvalue weighted by atomic mass is 10.0. The number of rotatable bonds is 5. The van der Waals surface area contributed by atoms with Gasteiger partial charge < -0.3 is 9.84 Å². The van der Waals surface area contributed by atoms with Gasteiger partial charge in [-0.2, -0.15) is 0 Å². The van der Waals surface area contributed by atoms with Gasteiger partial charge in [0.1, 0.15) is 5.75 Å². The zero-order valence-corrected chi connectivity index (χ0v) is 12.4. The molecule has 4 heteroatoms. The van der Waals surface area contributed by atoms with Gasteiger partial charge in [0, 0.05) is 12.1 Å². The highest BCUT2D eigenvalue weighted by Crippen LogP contribution is 2.33. The van der Waals surface area contributed by atoms with E-state index in [1.165, 1.54) is 5.56 Å². The van der Waals surface area contributed by atoms with Crippen molar-refractivity contribution >= 4 is 5.97 Å². The molecule has 0 aromatic heterocycles. The van der Waals surface area contributed by atoms with Gasteiger partial charge in [0.05, 0.1) is 12.5 Å². The molecule has 1 heterocycles. The van der Waals surface area contributed by atoms with Crippen molar-refractivity contribution in [2.24, 2.45) is 5.92 Å². The van der Waals surface area contributed by atoms with Gasteiger partial charge in [0.25, 0.3) is 0 Å². The Kier molecular flexibility index (Phi) is 4.65. The van der Waals surface area contributed by atoms with Crippen LogP contribution in [0, 0.1) is 5.92 Å². The lowest BCUT2D eigenvalue weighted by Crippen LogP contribution is -2.34. The topological polar surface area (TPSA) is 49.8 Å². The first-order chi connectivity index (χ1) is 9.54. The van der Waals surface area contributed by atoms with Gasteiger partial charge in [0.2, 0.25) is 0 Å². The van der Waals surface area contributed by atoms with Crippen LogP contribution < -0.4 is 4.74 Å². The first-order valence-electron chi connectivity index (χ1n) is 7.26. The number of carboxylic acid groups (broad SMARTS) is 1. The molecule has 1 saturated heterocycles. The third-order valence-corrected chi connectivity index (χ3v) is 4.29. The Morgan fingerprint density at radius 3 is 2.60 bits per heavy atom. The third-order valence-electron chi connectivity index (χ3n) is 4.29. The molecule has 0 radical (unpaired) electrons. The Bertz CT molecular complexity index is 457. The SMILES string of the molecule is CCOc1ccc(C(C)N2CCC(C(=O)O)C2C)cc1. The highest BCUT2D eigenvalue weighted by Gasteiger charge is 2.37. The summed E-state index contributed by atoms with van der Waals surface area (Å²) >= 11 is 0. The number of carbonyl (C=O) groups is 1. The number of hydrogen-bond donors (Lipinski definition) is 1. The number of ether oxygens (including phenoxy) is 1. The van der Waals surface area contributed by atoms with Crippen molar-refractivity contribution in [3.05, 3.63) is 29.8 Å². The summed E-state index contributed by atoms with van der Waals surface area (Å²) in [4.78, 5) is 13.5. The molecule has 0 spiro atoms. The Labute approximate surface area is 120 Å². The van der Waals surface area contributed by atoms with E-state index >= 15 is 0 Å². The van der Waals surface area contributed by atoms with E-state index in [1.807, 2.05) is 26.0 Å². The van der Waals surface area contributed by atoms with Crippen LogP contribution in [-0.2, 0) is 4.79 Å². The zero-order chi connectivity index (χ0) is 14.7. The molecule has 110 valence electrons. The van der Waals surface area contributed by atoms with Crippen LogP contribution in [0.2, 0.25) is 0 Å². The first kappa shape index (κ1) is 14.9. The summed E-state index contributed by atoms with van der Waals surface area (Å²) in [5.41, 5.74) is 1.20. The molecule has 2 rings (SSSR count). The minimum Gasteiger partial charge on any atom is -0.494 e. The molecule has 0 aliphatic carbocycles. The summed E-state index contributed by atoms with van der Waals surface area (Å²) < 4.78 is 5.44. The first-order valence-corrected chi connectivity index (χ1v) is 7.26. The Morgan fingerprint density at radius 2 is 2.10 bits per heavy atom. The van der Waals surface area contributed by atoms with E-state index in [0.29, 0.717) is 6.61 Å². The van der Waals surface area contributed by atoms with E-state index in [2.05, 4.69) is 24.0 Å². The Balaban J connectivity index is 2.07. The van der Waals surface area contributed by atoms with E-state index < -0.39 is 5.97 Å². The van der Waals surface area contributed by atoms with Crippen LogP contribution in [0.15, 0.2) is 24.3 Å². The molecule has 1 aliphatic heterocycles. The zero-order valence-electron chi connectivity index (χ0n) is 12.4. The van der Waals surface area contributed by atoms with Crippen molar-refractivity contribution in [3.63, 3.8) is 0 Å². The van der Waals surface area contributed by atoms with Crippen LogP contribution in [0.5, 0.6) is 5.75 Å². The number of carboxylic acids is 1. The fourth-order valence-corrected chi connectivity index (χ4v) is 3.04. The second-order valence-electron chi connectivity index (χ2n) is 5.39. The van der Waals surface area contributed by atoms with Crippen LogP contribution in [0.3, 0.4) is 0 Å². The molecule has 4 nitrogen and oxygen atoms in total. The van der Waals surface area contributed by atoms with Crippen molar-refractivity contribution in [2.75, 3.05) is 13.2 Å². The summed E-state index contributed by atoms with van der Waals surface area (Å²) in [6.45, 7) is 7.62. The van der Waals surface area contributed by atoms with Crippen molar-refractivity contribution in [1.29, 1.82) is 0 Å². The van der Waals surface area contributed by atoms with E-state index in [9.17, 15) is 9.90 Å². The van der Waals surface area contributed by atoms with Crippen molar-refractivity contribution in [1.82, 2.24) is 4.90 Å². The smallest absolute Gasteiger partial charge is 0.308 e. The maximum absolute atomic E-state index is 11.2. The number of benzene rings is 1. The van der Waals surface area contributed by atoms with Crippen molar-refractivity contribution < 1.29 is 14.6 Å². The molecule has 0 saturated carbocycles. The molecule has 3 unspecified atom stereocenters. The summed E-state index contributed by atoms with van der Waals surface area (Å²) in [5.74, 6) is -0.0552. The molecular weight excluding hydrogens is 254 g/mol. The summed E-state index contributed by atoms with van der Waals surface area (Å²) in [5, 5.41) is 9.21. The monoisotopic (exact) mass is 277 g/mol. The molecule has 20 heavy (non-hydrogen) atoms. The second-order valence-corrected chi connectivity index (χ2v) is 5.39. The standard InChI is InChI=1S/C16H23NO3/c1-4-20-14-7-5-13(6-8-14)11(2)17-10-9-15(12(17)3)16(18)19/h5-8,11-12,15H,4,9-10H2,1-3H3,(H,18,19). The average molecular weight is 277 g/mol. The van der Waals surface area contributed by atoms with Gasteiger partial charge in [-0.05, 0) is 51.4 Å². The number of hydrogen-bond acceptors (Lipinski definition) is 3. The van der Waals surface area contributed by atoms with Gasteiger partial charge in [-0.25, -0.2) is 0 Å². The second kappa shape index (κ2) is 6.27. The number of likely N-dealkylation sites (tertiary alicyclic amines) is 1. The summed E-state index contributed by atoms with van der Waals surface area (Å²) in [7, 11) is 0. The molecule has 1 aromatic carbocycles. The van der Waals surface area contributed by atoms with Crippen LogP contribution in [0.4, 0.5) is 0 Å². The fraction of sp³-hybridized carbons (Fsp3) is 0.562. The quantitative estimate of drug-likeness (QED) is 0.899. The van der Waals surface area contributed by atoms with E-state index in [1.54, 1.807) is 0 Å². The molecular formula is C16H23NO3. The third kappa shape index (κ3) is 2.96. The van der Waals surface area contributed by atoms with Gasteiger partial charge >= 0.3 is 5.97 Å².